The molecule has 0 spiro atoms. The number of hydrogen-bond acceptors (Lipinski definition) is 7. The van der Waals surface area contributed by atoms with Crippen molar-refractivity contribution in [1.82, 2.24) is 4.98 Å². The molecule has 0 saturated carbocycles. The van der Waals surface area contributed by atoms with Gasteiger partial charge in [0.05, 0.1) is 13.0 Å². The van der Waals surface area contributed by atoms with Crippen molar-refractivity contribution in [3.63, 3.8) is 0 Å². The van der Waals surface area contributed by atoms with Crippen LogP contribution in [0.15, 0.2) is 30.5 Å². The lowest BCUT2D eigenvalue weighted by Crippen LogP contribution is -2.30. The Labute approximate surface area is 199 Å². The smallest absolute Gasteiger partial charge is 0.309 e. The van der Waals surface area contributed by atoms with Crippen molar-refractivity contribution in [3.05, 3.63) is 53.1 Å². The number of esters is 2. The van der Waals surface area contributed by atoms with Crippen LogP contribution in [0.4, 0.5) is 4.39 Å². The number of rotatable bonds is 10. The highest BCUT2D eigenvalue weighted by molar-refractivity contribution is 5.99. The van der Waals surface area contributed by atoms with E-state index < -0.39 is 29.7 Å². The lowest BCUT2D eigenvalue weighted by Gasteiger charge is -2.30. The van der Waals surface area contributed by atoms with Crippen LogP contribution >= 0.6 is 0 Å². The molecule has 0 saturated heterocycles. The fourth-order valence-corrected chi connectivity index (χ4v) is 4.03. The van der Waals surface area contributed by atoms with E-state index in [0.717, 1.165) is 11.1 Å². The summed E-state index contributed by atoms with van der Waals surface area (Å²) < 4.78 is 29.6. The average Bonchev–Trinajstić information content (AvgIpc) is 2.74. The van der Waals surface area contributed by atoms with Gasteiger partial charge in [-0.1, -0.05) is 26.8 Å². The molecule has 0 fully saturated rings. The SMILES string of the molecule is COc1ccnc(C(=O)C[C@@H](C)C(=O)O[C@@H](C)[C@H](c2ccc(F)cc2C)C(C)C)c1OC(C)=O. The summed E-state index contributed by atoms with van der Waals surface area (Å²) in [7, 11) is 1.38. The number of ketones is 1. The first-order chi connectivity index (χ1) is 16.0. The molecule has 34 heavy (non-hydrogen) atoms. The van der Waals surface area contributed by atoms with Crippen LogP contribution in [-0.2, 0) is 14.3 Å². The molecular formula is C26H32FNO6. The van der Waals surface area contributed by atoms with E-state index in [1.54, 1.807) is 19.9 Å². The van der Waals surface area contributed by atoms with Gasteiger partial charge >= 0.3 is 11.9 Å². The van der Waals surface area contributed by atoms with E-state index >= 15 is 0 Å². The molecule has 3 atom stereocenters. The van der Waals surface area contributed by atoms with Gasteiger partial charge in [0.2, 0.25) is 5.75 Å². The van der Waals surface area contributed by atoms with Crippen molar-refractivity contribution in [3.8, 4) is 11.5 Å². The minimum atomic E-state index is -0.768. The number of aryl methyl sites for hydroxylation is 1. The van der Waals surface area contributed by atoms with Gasteiger partial charge in [0.1, 0.15) is 11.9 Å². The lowest BCUT2D eigenvalue weighted by atomic mass is 9.82. The molecule has 0 amide bonds. The third-order valence-corrected chi connectivity index (χ3v) is 5.61. The maximum atomic E-state index is 13.6. The topological polar surface area (TPSA) is 91.8 Å². The van der Waals surface area contributed by atoms with Crippen LogP contribution in [0.2, 0.25) is 0 Å². The van der Waals surface area contributed by atoms with E-state index in [1.165, 1.54) is 38.4 Å². The average molecular weight is 474 g/mol. The predicted octanol–water partition coefficient (Wildman–Crippen LogP) is 5.04. The van der Waals surface area contributed by atoms with Crippen molar-refractivity contribution in [2.45, 2.75) is 60.0 Å². The maximum Gasteiger partial charge on any atom is 0.309 e. The molecule has 2 aromatic rings. The molecule has 7 nitrogen and oxygen atoms in total. The molecule has 0 aliphatic carbocycles. The van der Waals surface area contributed by atoms with Crippen LogP contribution in [0.25, 0.3) is 0 Å². The Kier molecular flexibility index (Phi) is 9.29. The van der Waals surface area contributed by atoms with Crippen molar-refractivity contribution in [2.75, 3.05) is 7.11 Å². The molecule has 0 N–H and O–H groups in total. The molecule has 0 unspecified atom stereocenters. The number of pyridine rings is 1. The molecule has 1 aromatic carbocycles. The highest BCUT2D eigenvalue weighted by atomic mass is 19.1. The molecule has 0 radical (unpaired) electrons. The standard InChI is InChI=1S/C26H32FNO6/c1-14(2)23(20-9-8-19(27)12-15(20)3)17(5)33-26(31)16(4)13-21(30)24-25(34-18(6)29)22(32-7)10-11-28-24/h8-12,14,16-17,23H,13H2,1-7H3/t16-,17+,23-/m1/s1. The molecular weight excluding hydrogens is 441 g/mol. The summed E-state index contributed by atoms with van der Waals surface area (Å²) in [6.07, 6.45) is 0.672. The van der Waals surface area contributed by atoms with Crippen molar-refractivity contribution >= 4 is 17.7 Å². The van der Waals surface area contributed by atoms with E-state index in [2.05, 4.69) is 4.98 Å². The quantitative estimate of drug-likeness (QED) is 0.352. The first kappa shape index (κ1) is 27.0. The van der Waals surface area contributed by atoms with E-state index in [1.807, 2.05) is 20.8 Å². The molecule has 8 heteroatoms. The molecule has 0 aliphatic rings. The third-order valence-electron chi connectivity index (χ3n) is 5.61. The fraction of sp³-hybridized carbons (Fsp3) is 0.462. The van der Waals surface area contributed by atoms with Crippen LogP contribution < -0.4 is 9.47 Å². The zero-order valence-corrected chi connectivity index (χ0v) is 20.7. The van der Waals surface area contributed by atoms with Gasteiger partial charge in [0, 0.05) is 31.5 Å². The predicted molar refractivity (Wildman–Crippen MR) is 124 cm³/mol. The Bertz CT molecular complexity index is 1050. The monoisotopic (exact) mass is 473 g/mol. The van der Waals surface area contributed by atoms with E-state index in [0.29, 0.717) is 0 Å². The maximum absolute atomic E-state index is 13.6. The number of hydrogen-bond donors (Lipinski definition) is 0. The van der Waals surface area contributed by atoms with Gasteiger partial charge in [-0.15, -0.1) is 0 Å². The Morgan fingerprint density at radius 2 is 1.76 bits per heavy atom. The summed E-state index contributed by atoms with van der Waals surface area (Å²) >= 11 is 0. The lowest BCUT2D eigenvalue weighted by molar-refractivity contribution is -0.154. The van der Waals surface area contributed by atoms with Crippen LogP contribution in [0.3, 0.4) is 0 Å². The highest BCUT2D eigenvalue weighted by Gasteiger charge is 2.30. The van der Waals surface area contributed by atoms with Crippen LogP contribution in [0.1, 0.15) is 68.6 Å². The number of carbonyl (C=O) groups excluding carboxylic acids is 3. The molecule has 0 aliphatic heterocycles. The molecule has 0 bridgehead atoms. The molecule has 1 aromatic heterocycles. The van der Waals surface area contributed by atoms with Crippen LogP contribution in [0.5, 0.6) is 11.5 Å². The first-order valence-electron chi connectivity index (χ1n) is 11.2. The fourth-order valence-electron chi connectivity index (χ4n) is 4.03. The van der Waals surface area contributed by atoms with Gasteiger partial charge in [0.25, 0.3) is 0 Å². The third kappa shape index (κ3) is 6.62. The normalized spacial score (nSPS) is 13.7. The van der Waals surface area contributed by atoms with E-state index in [-0.39, 0.29) is 41.3 Å². The second-order valence-electron chi connectivity index (χ2n) is 8.73. The Balaban J connectivity index is 2.16. The number of halogens is 1. The number of carbonyl (C=O) groups is 3. The van der Waals surface area contributed by atoms with Crippen molar-refractivity contribution in [1.29, 1.82) is 0 Å². The van der Waals surface area contributed by atoms with Gasteiger partial charge in [-0.05, 0) is 43.0 Å². The van der Waals surface area contributed by atoms with E-state index in [4.69, 9.17) is 14.2 Å². The van der Waals surface area contributed by atoms with Crippen molar-refractivity contribution in [2.24, 2.45) is 11.8 Å². The second kappa shape index (κ2) is 11.7. The Hall–Kier alpha value is -3.29. The first-order valence-corrected chi connectivity index (χ1v) is 11.2. The zero-order chi connectivity index (χ0) is 25.6. The summed E-state index contributed by atoms with van der Waals surface area (Å²) in [6, 6.07) is 6.05. The minimum Gasteiger partial charge on any atom is -0.493 e. The van der Waals surface area contributed by atoms with Gasteiger partial charge in [-0.3, -0.25) is 14.4 Å². The number of methoxy groups -OCH3 is 1. The van der Waals surface area contributed by atoms with Gasteiger partial charge < -0.3 is 14.2 Å². The van der Waals surface area contributed by atoms with E-state index in [9.17, 15) is 18.8 Å². The second-order valence-corrected chi connectivity index (χ2v) is 8.73. The van der Waals surface area contributed by atoms with Crippen LogP contribution in [0, 0.1) is 24.6 Å². The minimum absolute atomic E-state index is 0.0805. The number of aromatic nitrogens is 1. The molecule has 184 valence electrons. The summed E-state index contributed by atoms with van der Waals surface area (Å²) in [5.74, 6) is -2.66. The molecule has 1 heterocycles. The Morgan fingerprint density at radius 3 is 2.32 bits per heavy atom. The number of ether oxygens (including phenoxy) is 3. The van der Waals surface area contributed by atoms with Gasteiger partial charge in [-0.25, -0.2) is 9.37 Å². The number of benzene rings is 1. The highest BCUT2D eigenvalue weighted by Crippen LogP contribution is 2.34. The summed E-state index contributed by atoms with van der Waals surface area (Å²) in [5.41, 5.74) is 1.60. The van der Waals surface area contributed by atoms with Gasteiger partial charge in [0.15, 0.2) is 17.2 Å². The van der Waals surface area contributed by atoms with Crippen molar-refractivity contribution < 1.29 is 33.0 Å². The zero-order valence-electron chi connectivity index (χ0n) is 20.7. The Morgan fingerprint density at radius 1 is 1.09 bits per heavy atom. The van der Waals surface area contributed by atoms with Gasteiger partial charge in [-0.2, -0.15) is 0 Å². The number of Topliss-reactive ketones (excluding diaryl/α,β-unsaturated/α-hetero) is 1. The van der Waals surface area contributed by atoms with Crippen LogP contribution in [-0.4, -0.2) is 35.9 Å². The largest absolute Gasteiger partial charge is 0.493 e. The number of nitrogens with zero attached hydrogens (tertiary/aromatic N) is 1. The molecule has 2 rings (SSSR count). The summed E-state index contributed by atoms with van der Waals surface area (Å²) in [6.45, 7) is 10.4. The summed E-state index contributed by atoms with van der Waals surface area (Å²) in [4.78, 5) is 41.2. The summed E-state index contributed by atoms with van der Waals surface area (Å²) in [5, 5.41) is 0.